The number of hydrogen-bond donors (Lipinski definition) is 1. The van der Waals surface area contributed by atoms with Gasteiger partial charge in [0.15, 0.2) is 5.11 Å². The fraction of sp³-hybridized carbons (Fsp3) is 0.0400. The highest BCUT2D eigenvalue weighted by Crippen LogP contribution is 2.23. The number of ether oxygens (including phenoxy) is 1. The minimum Gasteiger partial charge on any atom is -0.489 e. The molecule has 0 saturated carbocycles. The van der Waals surface area contributed by atoms with Crippen LogP contribution in [-0.2, 0) is 16.2 Å². The van der Waals surface area contributed by atoms with Gasteiger partial charge in [0.05, 0.1) is 17.3 Å². The predicted octanol–water partition coefficient (Wildman–Crippen LogP) is 4.11. The van der Waals surface area contributed by atoms with Crippen molar-refractivity contribution in [3.8, 4) is 11.8 Å². The first-order valence-corrected chi connectivity index (χ1v) is 10.2. The van der Waals surface area contributed by atoms with E-state index < -0.39 is 17.6 Å². The van der Waals surface area contributed by atoms with Crippen LogP contribution in [0.25, 0.3) is 6.08 Å². The minimum atomic E-state index is -0.614. The van der Waals surface area contributed by atoms with E-state index in [1.54, 1.807) is 36.4 Å². The Kier molecular flexibility index (Phi) is 6.24. The maximum Gasteiger partial charge on any atom is 0.270 e. The lowest BCUT2D eigenvalue weighted by Crippen LogP contribution is -2.54. The van der Waals surface area contributed by atoms with Crippen LogP contribution >= 0.6 is 12.2 Å². The predicted molar refractivity (Wildman–Crippen MR) is 125 cm³/mol. The van der Waals surface area contributed by atoms with Gasteiger partial charge < -0.3 is 4.74 Å². The third-order valence-corrected chi connectivity index (χ3v) is 5.19. The second-order valence-corrected chi connectivity index (χ2v) is 7.45. The summed E-state index contributed by atoms with van der Waals surface area (Å²) >= 11 is 5.13. The molecule has 33 heavy (non-hydrogen) atoms. The Labute approximate surface area is 194 Å². The molecule has 1 saturated heterocycles. The van der Waals surface area contributed by atoms with E-state index in [1.807, 2.05) is 12.1 Å². The van der Waals surface area contributed by atoms with Crippen molar-refractivity contribution < 1.29 is 18.7 Å². The molecule has 8 heteroatoms. The van der Waals surface area contributed by atoms with Crippen molar-refractivity contribution in [2.75, 3.05) is 4.90 Å². The lowest BCUT2D eigenvalue weighted by Gasteiger charge is -2.28. The van der Waals surface area contributed by atoms with Crippen molar-refractivity contribution in [1.82, 2.24) is 5.32 Å². The number of hydrogen-bond acceptors (Lipinski definition) is 5. The van der Waals surface area contributed by atoms with E-state index in [0.29, 0.717) is 22.6 Å². The fourth-order valence-corrected chi connectivity index (χ4v) is 3.51. The Morgan fingerprint density at radius 2 is 1.73 bits per heavy atom. The topological polar surface area (TPSA) is 82.4 Å². The molecule has 1 fully saturated rings. The van der Waals surface area contributed by atoms with Crippen molar-refractivity contribution in [1.29, 1.82) is 5.26 Å². The molecular weight excluding hydrogens is 441 g/mol. The maximum atomic E-state index is 13.3. The van der Waals surface area contributed by atoms with E-state index in [0.717, 1.165) is 10.5 Å². The molecule has 6 nitrogen and oxygen atoms in total. The summed E-state index contributed by atoms with van der Waals surface area (Å²) in [7, 11) is 0. The Hall–Kier alpha value is -4.35. The number of carbonyl (C=O) groups excluding carboxylic acids is 2. The molecule has 0 spiro atoms. The van der Waals surface area contributed by atoms with E-state index in [1.165, 1.54) is 30.3 Å². The summed E-state index contributed by atoms with van der Waals surface area (Å²) in [6.07, 6.45) is 1.45. The van der Waals surface area contributed by atoms with Crippen LogP contribution in [0.4, 0.5) is 10.1 Å². The lowest BCUT2D eigenvalue weighted by molar-refractivity contribution is -0.122. The number of halogens is 1. The van der Waals surface area contributed by atoms with Crippen LogP contribution in [0.2, 0.25) is 0 Å². The van der Waals surface area contributed by atoms with E-state index >= 15 is 0 Å². The molecule has 1 aliphatic heterocycles. The zero-order valence-corrected chi connectivity index (χ0v) is 17.9. The largest absolute Gasteiger partial charge is 0.489 e. The van der Waals surface area contributed by atoms with Gasteiger partial charge >= 0.3 is 0 Å². The summed E-state index contributed by atoms with van der Waals surface area (Å²) in [5.74, 6) is -1.11. The third-order valence-electron chi connectivity index (χ3n) is 4.91. The summed E-state index contributed by atoms with van der Waals surface area (Å²) in [6.45, 7) is 0.231. The number of anilines is 1. The van der Waals surface area contributed by atoms with Crippen molar-refractivity contribution in [3.63, 3.8) is 0 Å². The lowest BCUT2D eigenvalue weighted by atomic mass is 10.1. The summed E-state index contributed by atoms with van der Waals surface area (Å²) in [5.41, 5.74) is 2.16. The van der Waals surface area contributed by atoms with Gasteiger partial charge in [0.1, 0.15) is 23.7 Å². The molecule has 162 valence electrons. The maximum absolute atomic E-state index is 13.3. The average molecular weight is 457 g/mol. The van der Waals surface area contributed by atoms with E-state index in [-0.39, 0.29) is 17.3 Å². The number of benzene rings is 3. The first kappa shape index (κ1) is 21.9. The smallest absolute Gasteiger partial charge is 0.270 e. The van der Waals surface area contributed by atoms with Crippen LogP contribution in [0.15, 0.2) is 78.4 Å². The molecule has 0 aliphatic carbocycles. The summed E-state index contributed by atoms with van der Waals surface area (Å²) in [6, 6.07) is 21.3. The molecule has 2 amide bonds. The summed E-state index contributed by atoms with van der Waals surface area (Å²) in [5, 5.41) is 11.6. The average Bonchev–Trinajstić information content (AvgIpc) is 2.82. The minimum absolute atomic E-state index is 0.0739. The molecule has 0 atom stereocenters. The van der Waals surface area contributed by atoms with E-state index in [9.17, 15) is 19.2 Å². The summed E-state index contributed by atoms with van der Waals surface area (Å²) in [4.78, 5) is 26.5. The second kappa shape index (κ2) is 9.42. The van der Waals surface area contributed by atoms with E-state index in [2.05, 4.69) is 11.4 Å². The first-order chi connectivity index (χ1) is 16.0. The van der Waals surface area contributed by atoms with Gasteiger partial charge in [-0.3, -0.25) is 19.8 Å². The number of carbonyl (C=O) groups is 2. The Morgan fingerprint density at radius 1 is 1.03 bits per heavy atom. The van der Waals surface area contributed by atoms with Crippen molar-refractivity contribution in [3.05, 3.63) is 101 Å². The van der Waals surface area contributed by atoms with Gasteiger partial charge in [-0.25, -0.2) is 4.39 Å². The highest BCUT2D eigenvalue weighted by molar-refractivity contribution is 7.80. The monoisotopic (exact) mass is 457 g/mol. The number of thiocarbonyl (C=S) groups is 1. The third kappa shape index (κ3) is 4.79. The van der Waals surface area contributed by atoms with Crippen LogP contribution in [-0.4, -0.2) is 16.9 Å². The Morgan fingerprint density at radius 3 is 2.42 bits per heavy atom. The molecule has 1 N–H and O–H groups in total. The zero-order chi connectivity index (χ0) is 23.4. The standard InChI is InChI=1S/C25H16FN3O3S/c26-19-7-9-20(10-8-19)29-24(31)22(23(30)28-25(29)33)13-16-5-11-21(12-6-16)32-15-18-4-2-1-3-17(18)14-27/h1-13H,15H2,(H,28,30,33)/b22-13-. The van der Waals surface area contributed by atoms with Crippen LogP contribution in [0.1, 0.15) is 16.7 Å². The molecule has 0 bridgehead atoms. The van der Waals surface area contributed by atoms with E-state index in [4.69, 9.17) is 17.0 Å². The van der Waals surface area contributed by atoms with Gasteiger partial charge in [0.2, 0.25) is 0 Å². The molecule has 0 aromatic heterocycles. The van der Waals surface area contributed by atoms with Crippen LogP contribution in [0.3, 0.4) is 0 Å². The van der Waals surface area contributed by atoms with Crippen LogP contribution in [0.5, 0.6) is 5.75 Å². The second-order valence-electron chi connectivity index (χ2n) is 7.06. The summed E-state index contributed by atoms with van der Waals surface area (Å²) < 4.78 is 19.0. The SMILES string of the molecule is N#Cc1ccccc1COc1ccc(/C=C2/C(=O)NC(=S)N(c3ccc(F)cc3)C2=O)cc1. The van der Waals surface area contributed by atoms with Crippen LogP contribution in [0, 0.1) is 17.1 Å². The van der Waals surface area contributed by atoms with Crippen molar-refractivity contribution >= 4 is 40.9 Å². The normalized spacial score (nSPS) is 14.7. The quantitative estimate of drug-likeness (QED) is 0.354. The fourth-order valence-electron chi connectivity index (χ4n) is 3.23. The molecule has 0 unspecified atom stereocenters. The molecule has 0 radical (unpaired) electrons. The molecule has 1 heterocycles. The van der Waals surface area contributed by atoms with Gasteiger partial charge in [0, 0.05) is 5.56 Å². The number of rotatable bonds is 5. The van der Waals surface area contributed by atoms with Gasteiger partial charge in [-0.15, -0.1) is 0 Å². The van der Waals surface area contributed by atoms with Gasteiger partial charge in [-0.2, -0.15) is 5.26 Å². The van der Waals surface area contributed by atoms with Crippen LogP contribution < -0.4 is 15.0 Å². The molecular formula is C25H16FN3O3S. The van der Waals surface area contributed by atoms with Gasteiger partial charge in [-0.1, -0.05) is 30.3 Å². The van der Waals surface area contributed by atoms with Gasteiger partial charge in [0.25, 0.3) is 11.8 Å². The first-order valence-electron chi connectivity index (χ1n) is 9.84. The Balaban J connectivity index is 1.52. The highest BCUT2D eigenvalue weighted by Gasteiger charge is 2.34. The van der Waals surface area contributed by atoms with Gasteiger partial charge in [-0.05, 0) is 66.3 Å². The molecule has 1 aliphatic rings. The number of nitrogens with one attached hydrogen (secondary N) is 1. The van der Waals surface area contributed by atoms with Crippen molar-refractivity contribution in [2.24, 2.45) is 0 Å². The molecule has 3 aromatic rings. The molecule has 4 rings (SSSR count). The number of nitriles is 1. The Bertz CT molecular complexity index is 1310. The number of amides is 2. The van der Waals surface area contributed by atoms with Crippen molar-refractivity contribution in [2.45, 2.75) is 6.61 Å². The zero-order valence-electron chi connectivity index (χ0n) is 17.1. The molecule has 3 aromatic carbocycles. The number of nitrogens with zero attached hydrogens (tertiary/aromatic N) is 2. The highest BCUT2D eigenvalue weighted by atomic mass is 32.1.